The summed E-state index contributed by atoms with van der Waals surface area (Å²) in [5, 5.41) is 5.31. The molecular formula is C15H17N3O. The van der Waals surface area contributed by atoms with Crippen molar-refractivity contribution in [3.8, 4) is 0 Å². The van der Waals surface area contributed by atoms with Gasteiger partial charge in [-0.1, -0.05) is 18.2 Å². The minimum atomic E-state index is 0.181. The fraction of sp³-hybridized carbons (Fsp3) is 0.333. The lowest BCUT2D eigenvalue weighted by Crippen LogP contribution is -2.45. The van der Waals surface area contributed by atoms with E-state index < -0.39 is 0 Å². The van der Waals surface area contributed by atoms with Crippen LogP contribution in [-0.4, -0.2) is 48.4 Å². The zero-order valence-corrected chi connectivity index (χ0v) is 10.8. The van der Waals surface area contributed by atoms with E-state index in [1.807, 2.05) is 24.3 Å². The maximum atomic E-state index is 12.4. The maximum Gasteiger partial charge on any atom is 0.177 e. The number of carbonyl (C=O) groups is 1. The van der Waals surface area contributed by atoms with Crippen molar-refractivity contribution in [1.82, 2.24) is 15.2 Å². The predicted molar refractivity (Wildman–Crippen MR) is 75.4 cm³/mol. The van der Waals surface area contributed by atoms with Gasteiger partial charge < -0.3 is 5.32 Å². The molecule has 1 aromatic heterocycles. The highest BCUT2D eigenvalue weighted by atomic mass is 16.1. The van der Waals surface area contributed by atoms with E-state index >= 15 is 0 Å². The van der Waals surface area contributed by atoms with E-state index in [4.69, 9.17) is 0 Å². The molecule has 1 aliphatic rings. The summed E-state index contributed by atoms with van der Waals surface area (Å²) >= 11 is 0. The Labute approximate surface area is 112 Å². The Balaban J connectivity index is 1.85. The molecule has 0 bridgehead atoms. The van der Waals surface area contributed by atoms with Crippen LogP contribution in [0.5, 0.6) is 0 Å². The van der Waals surface area contributed by atoms with E-state index in [2.05, 4.69) is 15.2 Å². The molecule has 4 heteroatoms. The van der Waals surface area contributed by atoms with Crippen LogP contribution in [0.4, 0.5) is 0 Å². The second-order valence-electron chi connectivity index (χ2n) is 4.85. The van der Waals surface area contributed by atoms with Crippen molar-refractivity contribution in [3.63, 3.8) is 0 Å². The zero-order valence-electron chi connectivity index (χ0n) is 10.8. The fourth-order valence-electron chi connectivity index (χ4n) is 2.51. The average Bonchev–Trinajstić information content (AvgIpc) is 2.47. The quantitative estimate of drug-likeness (QED) is 0.840. The van der Waals surface area contributed by atoms with Crippen LogP contribution < -0.4 is 5.32 Å². The highest BCUT2D eigenvalue weighted by Gasteiger charge is 2.16. The van der Waals surface area contributed by atoms with Gasteiger partial charge in [0.05, 0.1) is 6.54 Å². The van der Waals surface area contributed by atoms with Crippen molar-refractivity contribution in [3.05, 3.63) is 42.2 Å². The summed E-state index contributed by atoms with van der Waals surface area (Å²) in [6.45, 7) is 4.30. The molecule has 3 rings (SSSR count). The van der Waals surface area contributed by atoms with Crippen molar-refractivity contribution in [1.29, 1.82) is 0 Å². The summed E-state index contributed by atoms with van der Waals surface area (Å²) in [5.41, 5.74) is 0.782. The standard InChI is InChI=1S/C15H17N3O/c19-15(11-18-8-6-16-7-9-18)13-3-1-2-12-4-5-17-10-14(12)13/h1-5,10,16H,6-9,11H2. The number of ketones is 1. The number of fused-ring (bicyclic) bond motifs is 1. The monoisotopic (exact) mass is 255 g/mol. The molecule has 1 N–H and O–H groups in total. The third-order valence-corrected chi connectivity index (χ3v) is 3.56. The smallest absolute Gasteiger partial charge is 0.177 e. The maximum absolute atomic E-state index is 12.4. The van der Waals surface area contributed by atoms with Gasteiger partial charge in [0.25, 0.3) is 0 Å². The van der Waals surface area contributed by atoms with Crippen LogP contribution in [0.25, 0.3) is 10.8 Å². The molecule has 98 valence electrons. The number of hydrogen-bond acceptors (Lipinski definition) is 4. The van der Waals surface area contributed by atoms with Crippen LogP contribution in [0.1, 0.15) is 10.4 Å². The van der Waals surface area contributed by atoms with E-state index in [-0.39, 0.29) is 5.78 Å². The normalized spacial score (nSPS) is 16.6. The van der Waals surface area contributed by atoms with E-state index in [9.17, 15) is 4.79 Å². The number of nitrogens with one attached hydrogen (secondary N) is 1. The third kappa shape index (κ3) is 2.64. The number of hydrogen-bond donors (Lipinski definition) is 1. The van der Waals surface area contributed by atoms with Gasteiger partial charge >= 0.3 is 0 Å². The average molecular weight is 255 g/mol. The van der Waals surface area contributed by atoms with E-state index in [0.717, 1.165) is 42.5 Å². The van der Waals surface area contributed by atoms with Gasteiger partial charge in [-0.25, -0.2) is 0 Å². The summed E-state index contributed by atoms with van der Waals surface area (Å²) < 4.78 is 0. The number of piperazine rings is 1. The molecule has 1 aromatic carbocycles. The first-order valence-electron chi connectivity index (χ1n) is 6.63. The molecule has 0 aliphatic carbocycles. The summed E-state index contributed by atoms with van der Waals surface area (Å²) in [6.07, 6.45) is 3.53. The van der Waals surface area contributed by atoms with E-state index in [1.54, 1.807) is 12.4 Å². The van der Waals surface area contributed by atoms with Crippen molar-refractivity contribution in [2.75, 3.05) is 32.7 Å². The molecule has 4 nitrogen and oxygen atoms in total. The lowest BCUT2D eigenvalue weighted by Gasteiger charge is -2.26. The van der Waals surface area contributed by atoms with Gasteiger partial charge in [-0.05, 0) is 11.5 Å². The SMILES string of the molecule is O=C(CN1CCNCC1)c1cccc2ccncc12. The molecule has 2 aromatic rings. The highest BCUT2D eigenvalue weighted by molar-refractivity contribution is 6.08. The van der Waals surface area contributed by atoms with Gasteiger partial charge in [-0.15, -0.1) is 0 Å². The van der Waals surface area contributed by atoms with Gasteiger partial charge in [0.2, 0.25) is 0 Å². The van der Waals surface area contributed by atoms with Crippen LogP contribution in [0, 0.1) is 0 Å². The Morgan fingerprint density at radius 3 is 2.95 bits per heavy atom. The molecule has 0 saturated carbocycles. The minimum absolute atomic E-state index is 0.181. The van der Waals surface area contributed by atoms with Crippen molar-refractivity contribution >= 4 is 16.6 Å². The third-order valence-electron chi connectivity index (χ3n) is 3.56. The van der Waals surface area contributed by atoms with Crippen molar-refractivity contribution in [2.45, 2.75) is 0 Å². The molecular weight excluding hydrogens is 238 g/mol. The molecule has 0 radical (unpaired) electrons. The van der Waals surface area contributed by atoms with Crippen LogP contribution in [-0.2, 0) is 0 Å². The molecule has 1 saturated heterocycles. The first kappa shape index (κ1) is 12.3. The Morgan fingerprint density at radius 1 is 1.26 bits per heavy atom. The fourth-order valence-corrected chi connectivity index (χ4v) is 2.51. The van der Waals surface area contributed by atoms with Gasteiger partial charge in [0, 0.05) is 49.5 Å². The van der Waals surface area contributed by atoms with Gasteiger partial charge in [-0.2, -0.15) is 0 Å². The van der Waals surface area contributed by atoms with Gasteiger partial charge in [-0.3, -0.25) is 14.7 Å². The van der Waals surface area contributed by atoms with Crippen LogP contribution >= 0.6 is 0 Å². The topological polar surface area (TPSA) is 45.2 Å². The van der Waals surface area contributed by atoms with Gasteiger partial charge in [0.1, 0.15) is 0 Å². The molecule has 0 amide bonds. The Morgan fingerprint density at radius 2 is 2.11 bits per heavy atom. The van der Waals surface area contributed by atoms with Crippen molar-refractivity contribution in [2.24, 2.45) is 0 Å². The Bertz CT molecular complexity index is 585. The lowest BCUT2D eigenvalue weighted by atomic mass is 10.0. The molecule has 19 heavy (non-hydrogen) atoms. The summed E-state index contributed by atoms with van der Waals surface area (Å²) in [4.78, 5) is 18.8. The predicted octanol–water partition coefficient (Wildman–Crippen LogP) is 1.32. The molecule has 1 aliphatic heterocycles. The molecule has 0 unspecified atom stereocenters. The van der Waals surface area contributed by atoms with E-state index in [1.165, 1.54) is 0 Å². The van der Waals surface area contributed by atoms with Crippen LogP contribution in [0.3, 0.4) is 0 Å². The van der Waals surface area contributed by atoms with Gasteiger partial charge in [0.15, 0.2) is 5.78 Å². The molecule has 0 atom stereocenters. The van der Waals surface area contributed by atoms with E-state index in [0.29, 0.717) is 6.54 Å². The summed E-state index contributed by atoms with van der Waals surface area (Å²) in [7, 11) is 0. The minimum Gasteiger partial charge on any atom is -0.314 e. The number of carbonyl (C=O) groups excluding carboxylic acids is 1. The number of benzene rings is 1. The molecule has 0 spiro atoms. The second kappa shape index (κ2) is 5.47. The second-order valence-corrected chi connectivity index (χ2v) is 4.85. The number of nitrogens with zero attached hydrogens (tertiary/aromatic N) is 2. The lowest BCUT2D eigenvalue weighted by molar-refractivity contribution is 0.0923. The largest absolute Gasteiger partial charge is 0.314 e. The number of aromatic nitrogens is 1. The number of pyridine rings is 1. The van der Waals surface area contributed by atoms with Crippen LogP contribution in [0.2, 0.25) is 0 Å². The number of Topliss-reactive ketones (excluding diaryl/α,β-unsaturated/α-hetero) is 1. The first-order valence-corrected chi connectivity index (χ1v) is 6.63. The van der Waals surface area contributed by atoms with Crippen molar-refractivity contribution < 1.29 is 4.79 Å². The Kier molecular flexibility index (Phi) is 3.53. The Hall–Kier alpha value is -1.78. The molecule has 2 heterocycles. The first-order chi connectivity index (χ1) is 9.34. The zero-order chi connectivity index (χ0) is 13.1. The molecule has 1 fully saturated rings. The number of rotatable bonds is 3. The highest BCUT2D eigenvalue weighted by Crippen LogP contribution is 2.18. The summed E-state index contributed by atoms with van der Waals surface area (Å²) in [5.74, 6) is 0.181. The van der Waals surface area contributed by atoms with Crippen LogP contribution in [0.15, 0.2) is 36.7 Å². The summed E-state index contributed by atoms with van der Waals surface area (Å²) in [6, 6.07) is 7.79.